The molecule has 11 heteroatoms. The maximum atomic E-state index is 14.1. The highest BCUT2D eigenvalue weighted by atomic mass is 32.2. The van der Waals surface area contributed by atoms with Crippen molar-refractivity contribution in [1.82, 2.24) is 4.98 Å². The molecule has 0 amide bonds. The zero-order valence-electron chi connectivity index (χ0n) is 12.1. The van der Waals surface area contributed by atoms with Crippen molar-refractivity contribution in [2.24, 2.45) is 0 Å². The van der Waals surface area contributed by atoms with E-state index in [9.17, 15) is 30.8 Å². The van der Waals surface area contributed by atoms with Gasteiger partial charge in [0.1, 0.15) is 0 Å². The van der Waals surface area contributed by atoms with Crippen LogP contribution < -0.4 is 4.18 Å². The lowest BCUT2D eigenvalue weighted by molar-refractivity contribution is -0.0502. The Morgan fingerprint density at radius 2 is 1.88 bits per heavy atom. The van der Waals surface area contributed by atoms with Gasteiger partial charge < -0.3 is 8.92 Å². The third kappa shape index (κ3) is 3.11. The molecule has 0 saturated carbocycles. The molecule has 1 aromatic heterocycles. The number of hydrogen-bond acceptors (Lipinski definition) is 6. The highest BCUT2D eigenvalue weighted by Crippen LogP contribution is 2.31. The van der Waals surface area contributed by atoms with Crippen LogP contribution in [0.3, 0.4) is 0 Å². The van der Waals surface area contributed by atoms with Crippen molar-refractivity contribution in [2.45, 2.75) is 12.4 Å². The molecular formula is C13H9F4NO5S. The fourth-order valence-corrected chi connectivity index (χ4v) is 2.24. The van der Waals surface area contributed by atoms with Crippen LogP contribution in [-0.2, 0) is 14.9 Å². The smallest absolute Gasteiger partial charge is 0.465 e. The molecule has 2 aromatic rings. The molecule has 2 rings (SSSR count). The van der Waals surface area contributed by atoms with Gasteiger partial charge in [0.2, 0.25) is 0 Å². The van der Waals surface area contributed by atoms with E-state index in [0.717, 1.165) is 13.2 Å². The summed E-state index contributed by atoms with van der Waals surface area (Å²) in [6, 6.07) is 3.71. The number of benzene rings is 1. The number of methoxy groups -OCH3 is 1. The summed E-state index contributed by atoms with van der Waals surface area (Å²) >= 11 is 0. The zero-order valence-corrected chi connectivity index (χ0v) is 13.0. The molecule has 0 fully saturated rings. The average Bonchev–Trinajstić information content (AvgIpc) is 2.49. The zero-order chi connectivity index (χ0) is 18.3. The number of ether oxygens (including phenoxy) is 1. The van der Waals surface area contributed by atoms with Crippen LogP contribution in [0.1, 0.15) is 15.9 Å². The number of aryl methyl sites for hydroxylation is 1. The lowest BCUT2D eigenvalue weighted by atomic mass is 10.1. The number of nitrogens with zero attached hydrogens (tertiary/aromatic N) is 1. The maximum absolute atomic E-state index is 14.1. The van der Waals surface area contributed by atoms with Crippen molar-refractivity contribution in [1.29, 1.82) is 0 Å². The van der Waals surface area contributed by atoms with Crippen LogP contribution in [0.5, 0.6) is 5.88 Å². The molecule has 0 saturated heterocycles. The van der Waals surface area contributed by atoms with E-state index in [4.69, 9.17) is 0 Å². The molecular weight excluding hydrogens is 358 g/mol. The Hall–Kier alpha value is -2.43. The number of pyridine rings is 1. The summed E-state index contributed by atoms with van der Waals surface area (Å²) in [7, 11) is -4.97. The van der Waals surface area contributed by atoms with Crippen molar-refractivity contribution >= 4 is 27.0 Å². The van der Waals surface area contributed by atoms with Gasteiger partial charge in [-0.3, -0.25) is 0 Å². The van der Waals surface area contributed by atoms with Crippen molar-refractivity contribution < 1.29 is 39.7 Å². The fourth-order valence-electron chi connectivity index (χ4n) is 1.83. The molecule has 0 aliphatic heterocycles. The number of esters is 1. The molecule has 130 valence electrons. The second kappa shape index (κ2) is 5.89. The first-order chi connectivity index (χ1) is 11.0. The van der Waals surface area contributed by atoms with E-state index in [2.05, 4.69) is 13.9 Å². The number of carbonyl (C=O) groups excluding carboxylic acids is 1. The lowest BCUT2D eigenvalue weighted by Gasteiger charge is -2.12. The summed E-state index contributed by atoms with van der Waals surface area (Å²) in [5.41, 5.74) is -6.07. The van der Waals surface area contributed by atoms with Gasteiger partial charge in [0.05, 0.1) is 18.2 Å². The van der Waals surface area contributed by atoms with Gasteiger partial charge in [-0.15, -0.1) is 0 Å². The van der Waals surface area contributed by atoms with Gasteiger partial charge in [-0.1, -0.05) is 6.07 Å². The fraction of sp³-hybridized carbons (Fsp3) is 0.231. The SMILES string of the molecule is COC(=O)c1ccc2c(C)c(F)c(OS(=O)(=O)C(F)(F)F)nc2c1. The molecule has 0 bridgehead atoms. The number of hydrogen-bond donors (Lipinski definition) is 0. The molecule has 0 aliphatic carbocycles. The Morgan fingerprint density at radius 3 is 2.42 bits per heavy atom. The summed E-state index contributed by atoms with van der Waals surface area (Å²) in [4.78, 5) is 14.9. The summed E-state index contributed by atoms with van der Waals surface area (Å²) in [6.07, 6.45) is 0. The number of rotatable bonds is 3. The molecule has 0 unspecified atom stereocenters. The second-order valence-corrected chi connectivity index (χ2v) is 6.10. The summed E-state index contributed by atoms with van der Waals surface area (Å²) in [5, 5.41) is 0.164. The van der Waals surface area contributed by atoms with Crippen LogP contribution in [0.2, 0.25) is 0 Å². The van der Waals surface area contributed by atoms with E-state index in [1.807, 2.05) is 0 Å². The highest BCUT2D eigenvalue weighted by Gasteiger charge is 2.49. The molecule has 0 spiro atoms. The van der Waals surface area contributed by atoms with Crippen LogP contribution in [0, 0.1) is 12.7 Å². The predicted molar refractivity (Wildman–Crippen MR) is 73.4 cm³/mol. The lowest BCUT2D eigenvalue weighted by Crippen LogP contribution is -2.28. The van der Waals surface area contributed by atoms with Gasteiger partial charge in [0.15, 0.2) is 5.82 Å². The van der Waals surface area contributed by atoms with Crippen molar-refractivity contribution in [2.75, 3.05) is 7.11 Å². The molecule has 0 atom stereocenters. The minimum absolute atomic E-state index is 0.00635. The normalized spacial score (nSPS) is 12.2. The van der Waals surface area contributed by atoms with E-state index in [0.29, 0.717) is 0 Å². The van der Waals surface area contributed by atoms with E-state index in [-0.39, 0.29) is 22.0 Å². The van der Waals surface area contributed by atoms with Crippen molar-refractivity contribution in [3.8, 4) is 5.88 Å². The second-order valence-electron chi connectivity index (χ2n) is 4.56. The third-order valence-corrected chi connectivity index (χ3v) is 3.98. The molecule has 0 aliphatic rings. The average molecular weight is 367 g/mol. The van der Waals surface area contributed by atoms with Crippen LogP contribution in [-0.4, -0.2) is 32.0 Å². The summed E-state index contributed by atoms with van der Waals surface area (Å²) < 4.78 is 81.4. The molecule has 0 N–H and O–H groups in total. The molecule has 1 aromatic carbocycles. The van der Waals surface area contributed by atoms with Crippen molar-refractivity contribution in [3.63, 3.8) is 0 Å². The van der Waals surface area contributed by atoms with Crippen LogP contribution in [0.4, 0.5) is 17.6 Å². The largest absolute Gasteiger partial charge is 0.534 e. The van der Waals surface area contributed by atoms with Crippen LogP contribution in [0.15, 0.2) is 18.2 Å². The molecule has 6 nitrogen and oxygen atoms in total. The number of aromatic nitrogens is 1. The Labute approximate surface area is 133 Å². The summed E-state index contributed by atoms with van der Waals surface area (Å²) in [6.45, 7) is 1.20. The highest BCUT2D eigenvalue weighted by molar-refractivity contribution is 7.87. The molecule has 1 heterocycles. The maximum Gasteiger partial charge on any atom is 0.534 e. The third-order valence-electron chi connectivity index (χ3n) is 3.03. The van der Waals surface area contributed by atoms with Gasteiger partial charge >= 0.3 is 21.6 Å². The number of alkyl halides is 3. The van der Waals surface area contributed by atoms with Gasteiger partial charge in [-0.05, 0) is 24.6 Å². The van der Waals surface area contributed by atoms with E-state index < -0.39 is 33.3 Å². The first-order valence-electron chi connectivity index (χ1n) is 6.17. The minimum atomic E-state index is -6.08. The summed E-state index contributed by atoms with van der Waals surface area (Å²) in [5.74, 6) is -3.48. The predicted octanol–water partition coefficient (Wildman–Crippen LogP) is 2.70. The monoisotopic (exact) mass is 367 g/mol. The molecule has 0 radical (unpaired) electrons. The van der Waals surface area contributed by atoms with Gasteiger partial charge in [0, 0.05) is 5.39 Å². The van der Waals surface area contributed by atoms with Gasteiger partial charge in [0.25, 0.3) is 5.88 Å². The standard InChI is InChI=1S/C13H9F4NO5S/c1-6-8-4-3-7(12(19)22-2)5-9(8)18-11(10(6)14)23-24(20,21)13(15,16)17/h3-5H,1-2H3. The first-order valence-corrected chi connectivity index (χ1v) is 7.57. The van der Waals surface area contributed by atoms with Gasteiger partial charge in [-0.2, -0.15) is 21.6 Å². The van der Waals surface area contributed by atoms with Crippen LogP contribution >= 0.6 is 0 Å². The number of carbonyl (C=O) groups is 1. The van der Waals surface area contributed by atoms with Crippen LogP contribution in [0.25, 0.3) is 10.9 Å². The van der Waals surface area contributed by atoms with E-state index in [1.165, 1.54) is 19.1 Å². The topological polar surface area (TPSA) is 82.6 Å². The number of fused-ring (bicyclic) bond motifs is 1. The Balaban J connectivity index is 2.63. The van der Waals surface area contributed by atoms with E-state index >= 15 is 0 Å². The Kier molecular flexibility index (Phi) is 4.40. The first kappa shape index (κ1) is 17.9. The van der Waals surface area contributed by atoms with Crippen molar-refractivity contribution in [3.05, 3.63) is 35.1 Å². The van der Waals surface area contributed by atoms with Gasteiger partial charge in [-0.25, -0.2) is 14.2 Å². The Bertz CT molecular complexity index is 924. The number of halogens is 4. The van der Waals surface area contributed by atoms with E-state index in [1.54, 1.807) is 0 Å². The molecule has 24 heavy (non-hydrogen) atoms. The minimum Gasteiger partial charge on any atom is -0.465 e. The quantitative estimate of drug-likeness (QED) is 0.359. The Morgan fingerprint density at radius 1 is 1.25 bits per heavy atom.